The van der Waals surface area contributed by atoms with Crippen molar-refractivity contribution in [1.82, 2.24) is 0 Å². The van der Waals surface area contributed by atoms with E-state index in [1.807, 2.05) is 13.0 Å². The molecule has 0 saturated carbocycles. The molecule has 0 spiro atoms. The second-order valence-electron chi connectivity index (χ2n) is 3.73. The van der Waals surface area contributed by atoms with Crippen LogP contribution in [0.3, 0.4) is 0 Å². The summed E-state index contributed by atoms with van der Waals surface area (Å²) in [5.41, 5.74) is 0.651. The highest BCUT2D eigenvalue weighted by Crippen LogP contribution is 2.22. The fraction of sp³-hybridized carbons (Fsp3) is 0.500. The third-order valence-electron chi connectivity index (χ3n) is 2.32. The van der Waals surface area contributed by atoms with E-state index >= 15 is 0 Å². The van der Waals surface area contributed by atoms with Gasteiger partial charge in [-0.15, -0.1) is 0 Å². The Kier molecular flexibility index (Phi) is 5.44. The summed E-state index contributed by atoms with van der Waals surface area (Å²) in [6, 6.07) is 6.97. The van der Waals surface area contributed by atoms with Crippen molar-refractivity contribution >= 4 is 15.5 Å². The van der Waals surface area contributed by atoms with Crippen molar-refractivity contribution < 1.29 is 13.2 Å². The summed E-state index contributed by atoms with van der Waals surface area (Å²) in [4.78, 5) is 0.373. The highest BCUT2D eigenvalue weighted by molar-refractivity contribution is 7.91. The standard InChI is InChI=1S/C12H19NO3S/c1-3-10-17(14,15)12-7-5-4-6-11(12)13-8-9-16-2/h4-7,13H,3,8-10H2,1-2H3. The average molecular weight is 257 g/mol. The van der Waals surface area contributed by atoms with Crippen LogP contribution >= 0.6 is 0 Å². The van der Waals surface area contributed by atoms with Crippen LogP contribution in [-0.2, 0) is 14.6 Å². The van der Waals surface area contributed by atoms with Crippen molar-refractivity contribution in [3.05, 3.63) is 24.3 Å². The third kappa shape index (κ3) is 4.02. The van der Waals surface area contributed by atoms with E-state index in [1.54, 1.807) is 25.3 Å². The lowest BCUT2D eigenvalue weighted by molar-refractivity contribution is 0.210. The number of methoxy groups -OCH3 is 1. The third-order valence-corrected chi connectivity index (χ3v) is 4.29. The number of rotatable bonds is 7. The summed E-state index contributed by atoms with van der Waals surface area (Å²) in [7, 11) is -1.57. The van der Waals surface area contributed by atoms with E-state index in [2.05, 4.69) is 5.32 Å². The number of hydrogen-bond donors (Lipinski definition) is 1. The monoisotopic (exact) mass is 257 g/mol. The quantitative estimate of drug-likeness (QED) is 0.758. The molecule has 0 fully saturated rings. The van der Waals surface area contributed by atoms with E-state index in [-0.39, 0.29) is 5.75 Å². The molecule has 0 bridgehead atoms. The minimum atomic E-state index is -3.18. The van der Waals surface area contributed by atoms with Crippen LogP contribution in [0.15, 0.2) is 29.2 Å². The Morgan fingerprint density at radius 1 is 1.29 bits per heavy atom. The highest BCUT2D eigenvalue weighted by atomic mass is 32.2. The predicted molar refractivity (Wildman–Crippen MR) is 69.2 cm³/mol. The molecule has 5 heteroatoms. The molecule has 1 aromatic rings. The summed E-state index contributed by atoms with van der Waals surface area (Å²) in [5.74, 6) is 0.177. The summed E-state index contributed by atoms with van der Waals surface area (Å²) in [5, 5.41) is 3.07. The van der Waals surface area contributed by atoms with Crippen LogP contribution < -0.4 is 5.32 Å². The molecule has 96 valence electrons. The first-order valence-corrected chi connectivity index (χ1v) is 7.31. The topological polar surface area (TPSA) is 55.4 Å². The minimum absolute atomic E-state index is 0.177. The van der Waals surface area contributed by atoms with Crippen molar-refractivity contribution in [1.29, 1.82) is 0 Å². The summed E-state index contributed by atoms with van der Waals surface area (Å²) in [6.45, 7) is 3.00. The maximum absolute atomic E-state index is 12.0. The molecule has 0 saturated heterocycles. The molecule has 17 heavy (non-hydrogen) atoms. The molecule has 0 unspecified atom stereocenters. The number of hydrogen-bond acceptors (Lipinski definition) is 4. The van der Waals surface area contributed by atoms with Crippen LogP contribution in [-0.4, -0.2) is 34.4 Å². The van der Waals surface area contributed by atoms with E-state index in [0.717, 1.165) is 0 Å². The second-order valence-corrected chi connectivity index (χ2v) is 5.81. The fourth-order valence-electron chi connectivity index (χ4n) is 1.55. The van der Waals surface area contributed by atoms with Gasteiger partial charge in [-0.05, 0) is 18.6 Å². The number of benzene rings is 1. The number of sulfone groups is 1. The predicted octanol–water partition coefficient (Wildman–Crippen LogP) is 1.93. The van der Waals surface area contributed by atoms with Crippen LogP contribution in [0, 0.1) is 0 Å². The molecular weight excluding hydrogens is 238 g/mol. The van der Waals surface area contributed by atoms with E-state index in [1.165, 1.54) is 0 Å². The molecule has 0 radical (unpaired) electrons. The summed E-state index contributed by atoms with van der Waals surface area (Å²) >= 11 is 0. The lowest BCUT2D eigenvalue weighted by atomic mass is 10.3. The average Bonchev–Trinajstić information content (AvgIpc) is 2.30. The minimum Gasteiger partial charge on any atom is -0.383 e. The maximum atomic E-state index is 12.0. The first kappa shape index (κ1) is 14.0. The lowest BCUT2D eigenvalue weighted by Gasteiger charge is -2.11. The highest BCUT2D eigenvalue weighted by Gasteiger charge is 2.16. The van der Waals surface area contributed by atoms with E-state index < -0.39 is 9.84 Å². The van der Waals surface area contributed by atoms with E-state index in [4.69, 9.17) is 4.74 Å². The van der Waals surface area contributed by atoms with Crippen LogP contribution in [0.25, 0.3) is 0 Å². The molecule has 0 aromatic heterocycles. The fourth-order valence-corrected chi connectivity index (χ4v) is 3.07. The zero-order chi connectivity index (χ0) is 12.7. The normalized spacial score (nSPS) is 11.4. The lowest BCUT2D eigenvalue weighted by Crippen LogP contribution is -2.13. The van der Waals surface area contributed by atoms with E-state index in [9.17, 15) is 8.42 Å². The largest absolute Gasteiger partial charge is 0.383 e. The first-order chi connectivity index (χ1) is 8.11. The maximum Gasteiger partial charge on any atom is 0.180 e. The molecule has 0 aliphatic heterocycles. The Hall–Kier alpha value is -1.07. The first-order valence-electron chi connectivity index (χ1n) is 5.66. The van der Waals surface area contributed by atoms with Gasteiger partial charge in [0.2, 0.25) is 0 Å². The number of nitrogens with one attached hydrogen (secondary N) is 1. The van der Waals surface area contributed by atoms with Crippen molar-refractivity contribution in [3.63, 3.8) is 0 Å². The molecule has 1 N–H and O–H groups in total. The smallest absolute Gasteiger partial charge is 0.180 e. The van der Waals surface area contributed by atoms with Gasteiger partial charge in [-0.25, -0.2) is 8.42 Å². The molecule has 1 rings (SSSR count). The van der Waals surface area contributed by atoms with Crippen LogP contribution in [0.4, 0.5) is 5.69 Å². The van der Waals surface area contributed by atoms with Gasteiger partial charge >= 0.3 is 0 Å². The molecule has 0 atom stereocenters. The molecule has 0 heterocycles. The molecule has 0 amide bonds. The number of para-hydroxylation sites is 1. The van der Waals surface area contributed by atoms with Gasteiger partial charge in [0.25, 0.3) is 0 Å². The van der Waals surface area contributed by atoms with Gasteiger partial charge in [0, 0.05) is 13.7 Å². The summed E-state index contributed by atoms with van der Waals surface area (Å²) < 4.78 is 29.0. The zero-order valence-electron chi connectivity index (χ0n) is 10.3. The van der Waals surface area contributed by atoms with Gasteiger partial charge in [-0.3, -0.25) is 0 Å². The van der Waals surface area contributed by atoms with Crippen LogP contribution in [0.1, 0.15) is 13.3 Å². The molecule has 0 aliphatic rings. The van der Waals surface area contributed by atoms with Crippen molar-refractivity contribution in [2.75, 3.05) is 31.3 Å². The Bertz CT molecular complexity index is 443. The van der Waals surface area contributed by atoms with Gasteiger partial charge in [0.05, 0.1) is 22.9 Å². The van der Waals surface area contributed by atoms with Crippen molar-refractivity contribution in [3.8, 4) is 0 Å². The van der Waals surface area contributed by atoms with Crippen LogP contribution in [0.2, 0.25) is 0 Å². The number of ether oxygens (including phenoxy) is 1. The van der Waals surface area contributed by atoms with Gasteiger partial charge in [-0.1, -0.05) is 19.1 Å². The van der Waals surface area contributed by atoms with Gasteiger partial charge in [0.15, 0.2) is 9.84 Å². The Morgan fingerprint density at radius 2 is 2.00 bits per heavy atom. The SMILES string of the molecule is CCCS(=O)(=O)c1ccccc1NCCOC. The molecule has 4 nitrogen and oxygen atoms in total. The van der Waals surface area contributed by atoms with E-state index in [0.29, 0.717) is 30.2 Å². The van der Waals surface area contributed by atoms with Crippen molar-refractivity contribution in [2.24, 2.45) is 0 Å². The van der Waals surface area contributed by atoms with Gasteiger partial charge in [0.1, 0.15) is 0 Å². The molecule has 0 aliphatic carbocycles. The zero-order valence-corrected chi connectivity index (χ0v) is 11.1. The Balaban J connectivity index is 2.91. The number of anilines is 1. The van der Waals surface area contributed by atoms with Crippen LogP contribution in [0.5, 0.6) is 0 Å². The second kappa shape index (κ2) is 6.61. The van der Waals surface area contributed by atoms with Gasteiger partial charge < -0.3 is 10.1 Å². The molecule has 1 aromatic carbocycles. The summed E-state index contributed by atoms with van der Waals surface area (Å²) in [6.07, 6.45) is 0.620. The Morgan fingerprint density at radius 3 is 2.65 bits per heavy atom. The van der Waals surface area contributed by atoms with Crippen molar-refractivity contribution in [2.45, 2.75) is 18.2 Å². The van der Waals surface area contributed by atoms with Gasteiger partial charge in [-0.2, -0.15) is 0 Å². The Labute approximate surface area is 103 Å². The molecular formula is C12H19NO3S.